The van der Waals surface area contributed by atoms with Crippen LogP contribution in [0.1, 0.15) is 39.5 Å². The quantitative estimate of drug-likeness (QED) is 0.456. The molecule has 0 heterocycles. The molecule has 0 atom stereocenters. The van der Waals surface area contributed by atoms with Crippen molar-refractivity contribution in [2.45, 2.75) is 39.5 Å². The molecule has 0 saturated carbocycles. The predicted molar refractivity (Wildman–Crippen MR) is 52.6 cm³/mol. The molecule has 76 valence electrons. The number of rotatable bonds is 2. The van der Waals surface area contributed by atoms with Crippen molar-refractivity contribution in [3.05, 3.63) is 13.8 Å². The van der Waals surface area contributed by atoms with Crippen LogP contribution < -0.4 is 0 Å². The number of unbranched alkanes of at least 4 members (excludes halogenated alkanes) is 2. The number of hydrogen-bond acceptors (Lipinski definition) is 1. The summed E-state index contributed by atoms with van der Waals surface area (Å²) in [4.78, 5) is 14.2. The monoisotopic (exact) mass is 259 g/mol. The molecule has 0 aromatic heterocycles. The summed E-state index contributed by atoms with van der Waals surface area (Å²) in [6.45, 7) is 11.4. The van der Waals surface area contributed by atoms with E-state index < -0.39 is 8.25 Å². The standard InChI is InChI=1S/2C4H9.HO3P.Zn/c2*1-3-4-2;1-4(2)3;/h2*1,3-4H2,2H3;(H-,1,2,3);/q2*-1;;+2/p+1. The van der Waals surface area contributed by atoms with Crippen LogP contribution in [-0.2, 0) is 24.0 Å². The molecule has 2 N–H and O–H groups in total. The second-order valence-corrected chi connectivity index (χ2v) is 2.47. The molecule has 0 spiro atoms. The van der Waals surface area contributed by atoms with Crippen molar-refractivity contribution >= 4 is 8.25 Å². The van der Waals surface area contributed by atoms with Gasteiger partial charge in [-0.15, -0.1) is 9.79 Å². The van der Waals surface area contributed by atoms with Gasteiger partial charge in [-0.25, -0.2) is 0 Å². The third-order valence-electron chi connectivity index (χ3n) is 0.707. The Labute approximate surface area is 95.7 Å². The van der Waals surface area contributed by atoms with E-state index in [1.54, 1.807) is 0 Å². The summed E-state index contributed by atoms with van der Waals surface area (Å²) < 4.78 is 8.70. The molecule has 3 nitrogen and oxygen atoms in total. The minimum absolute atomic E-state index is 0. The molecule has 0 bridgehead atoms. The Hall–Kier alpha value is 0.643. The predicted octanol–water partition coefficient (Wildman–Crippen LogP) is 2.87. The van der Waals surface area contributed by atoms with Crippen molar-refractivity contribution in [2.24, 2.45) is 0 Å². The van der Waals surface area contributed by atoms with Crippen LogP contribution in [0.4, 0.5) is 0 Å². The van der Waals surface area contributed by atoms with Gasteiger partial charge < -0.3 is 13.8 Å². The largest absolute Gasteiger partial charge is 2.00 e. The van der Waals surface area contributed by atoms with Gasteiger partial charge in [0.05, 0.1) is 0 Å². The van der Waals surface area contributed by atoms with Gasteiger partial charge in [0, 0.05) is 4.57 Å². The van der Waals surface area contributed by atoms with Crippen molar-refractivity contribution < 1.29 is 33.8 Å². The van der Waals surface area contributed by atoms with Gasteiger partial charge in [0.15, 0.2) is 0 Å². The molecule has 0 aliphatic carbocycles. The van der Waals surface area contributed by atoms with Crippen LogP contribution in [0.15, 0.2) is 0 Å². The molecule has 0 aliphatic heterocycles. The Kier molecular flexibility index (Phi) is 52.9. The van der Waals surface area contributed by atoms with Gasteiger partial charge in [0.2, 0.25) is 0 Å². The molecule has 0 saturated heterocycles. The van der Waals surface area contributed by atoms with E-state index in [2.05, 4.69) is 27.7 Å². The first-order valence-corrected chi connectivity index (χ1v) is 5.16. The molecule has 13 heavy (non-hydrogen) atoms. The SMILES string of the molecule is O=[P+](O)O.[CH2-]CCC.[CH2-]CCC.[Zn+2]. The van der Waals surface area contributed by atoms with Gasteiger partial charge in [-0.2, -0.15) is 12.8 Å². The molecule has 0 unspecified atom stereocenters. The maximum absolute atomic E-state index is 8.70. The van der Waals surface area contributed by atoms with Crippen LogP contribution >= 0.6 is 8.25 Å². The Morgan fingerprint density at radius 3 is 1.15 bits per heavy atom. The minimum atomic E-state index is -2.87. The molecule has 0 aromatic carbocycles. The fourth-order valence-electron chi connectivity index (χ4n) is 0. The van der Waals surface area contributed by atoms with Crippen LogP contribution in [0.2, 0.25) is 0 Å². The van der Waals surface area contributed by atoms with Gasteiger partial charge in [0.25, 0.3) is 0 Å². The summed E-state index contributed by atoms with van der Waals surface area (Å²) in [5.41, 5.74) is 0. The zero-order valence-corrected chi connectivity index (χ0v) is 12.6. The van der Waals surface area contributed by atoms with E-state index in [1.165, 1.54) is 12.8 Å². The maximum Gasteiger partial charge on any atom is 2.00 e. The normalized spacial score (nSPS) is 6.62. The van der Waals surface area contributed by atoms with E-state index in [0.29, 0.717) is 0 Å². The van der Waals surface area contributed by atoms with Crippen LogP contribution in [0.25, 0.3) is 0 Å². The van der Waals surface area contributed by atoms with E-state index in [1.807, 2.05) is 0 Å². The second kappa shape index (κ2) is 29.3. The van der Waals surface area contributed by atoms with Crippen molar-refractivity contribution in [2.75, 3.05) is 0 Å². The Balaban J connectivity index is -0.0000000450. The van der Waals surface area contributed by atoms with E-state index >= 15 is 0 Å². The summed E-state index contributed by atoms with van der Waals surface area (Å²) in [7, 11) is -2.87. The molecule has 0 rings (SSSR count). The first kappa shape index (κ1) is 23.5. The van der Waals surface area contributed by atoms with E-state index in [4.69, 9.17) is 14.4 Å². The Bertz CT molecular complexity index is 69.8. The molecule has 0 amide bonds. The molecular formula is C8H20O3PZn+. The topological polar surface area (TPSA) is 57.5 Å². The van der Waals surface area contributed by atoms with E-state index in [9.17, 15) is 0 Å². The molecule has 0 radical (unpaired) electrons. The summed E-state index contributed by atoms with van der Waals surface area (Å²) in [5.74, 6) is 0. The van der Waals surface area contributed by atoms with E-state index in [0.717, 1.165) is 12.8 Å². The van der Waals surface area contributed by atoms with Crippen LogP contribution in [0.3, 0.4) is 0 Å². The van der Waals surface area contributed by atoms with Crippen molar-refractivity contribution in [1.29, 1.82) is 0 Å². The minimum Gasteiger partial charge on any atom is -0.343 e. The van der Waals surface area contributed by atoms with E-state index in [-0.39, 0.29) is 19.5 Å². The van der Waals surface area contributed by atoms with Gasteiger partial charge in [0.1, 0.15) is 0 Å². The summed E-state index contributed by atoms with van der Waals surface area (Å²) in [6.07, 6.45) is 4.56. The second-order valence-electron chi connectivity index (χ2n) is 1.96. The fourth-order valence-corrected chi connectivity index (χ4v) is 0. The Morgan fingerprint density at radius 1 is 1.08 bits per heavy atom. The third kappa shape index (κ3) is 205. The van der Waals surface area contributed by atoms with Gasteiger partial charge in [-0.05, 0) is 0 Å². The zero-order chi connectivity index (χ0) is 10.4. The summed E-state index contributed by atoms with van der Waals surface area (Å²) in [5, 5.41) is 0. The molecule has 5 heteroatoms. The van der Waals surface area contributed by atoms with Gasteiger partial charge >= 0.3 is 27.7 Å². The summed E-state index contributed by atoms with van der Waals surface area (Å²) in [6, 6.07) is 0. The molecule has 0 aliphatic rings. The molecular weight excluding hydrogens is 240 g/mol. The fraction of sp³-hybridized carbons (Fsp3) is 0.750. The smallest absolute Gasteiger partial charge is 0.343 e. The van der Waals surface area contributed by atoms with Crippen LogP contribution in [0, 0.1) is 13.8 Å². The molecule has 0 fully saturated rings. The first-order chi connectivity index (χ1) is 5.56. The first-order valence-electron chi connectivity index (χ1n) is 4.00. The van der Waals surface area contributed by atoms with Crippen molar-refractivity contribution in [1.82, 2.24) is 0 Å². The number of hydrogen-bond donors (Lipinski definition) is 2. The average molecular weight is 261 g/mol. The van der Waals surface area contributed by atoms with Gasteiger partial charge in [-0.3, -0.25) is 0 Å². The third-order valence-corrected chi connectivity index (χ3v) is 0.707. The van der Waals surface area contributed by atoms with Gasteiger partial charge in [-0.1, -0.05) is 26.7 Å². The van der Waals surface area contributed by atoms with Crippen molar-refractivity contribution in [3.8, 4) is 0 Å². The Morgan fingerprint density at radius 2 is 1.15 bits per heavy atom. The molecule has 0 aromatic rings. The average Bonchev–Trinajstić information content (AvgIpc) is 2.03. The zero-order valence-electron chi connectivity index (χ0n) is 8.70. The maximum atomic E-state index is 8.70. The summed E-state index contributed by atoms with van der Waals surface area (Å²) >= 11 is 0. The van der Waals surface area contributed by atoms with Crippen LogP contribution in [0.5, 0.6) is 0 Å². The van der Waals surface area contributed by atoms with Crippen LogP contribution in [-0.4, -0.2) is 9.79 Å². The van der Waals surface area contributed by atoms with Crippen molar-refractivity contribution in [3.63, 3.8) is 0 Å².